The summed E-state index contributed by atoms with van der Waals surface area (Å²) in [5, 5.41) is 9.28. The summed E-state index contributed by atoms with van der Waals surface area (Å²) in [6.45, 7) is 0.438. The van der Waals surface area contributed by atoms with Crippen LogP contribution in [0, 0.1) is 0 Å². The van der Waals surface area contributed by atoms with Crippen LogP contribution >= 0.6 is 11.3 Å². The lowest BCUT2D eigenvalue weighted by Crippen LogP contribution is -2.18. The van der Waals surface area contributed by atoms with E-state index >= 15 is 0 Å². The van der Waals surface area contributed by atoms with Gasteiger partial charge in [0.15, 0.2) is 5.82 Å². The fourth-order valence-electron chi connectivity index (χ4n) is 2.55. The first-order chi connectivity index (χ1) is 13.1. The fourth-order valence-corrected chi connectivity index (χ4v) is 4.42. The molecule has 0 saturated carbocycles. The molecule has 4 rings (SSSR count). The van der Waals surface area contributed by atoms with Crippen molar-refractivity contribution >= 4 is 27.3 Å². The molecule has 0 spiro atoms. The van der Waals surface area contributed by atoms with Crippen LogP contribution in [0.1, 0.15) is 5.56 Å². The SMILES string of the molecule is O=S(=O)(c1ccccc1)n1nc(-c2cccs2)nc1NCc1ccccc1. The van der Waals surface area contributed by atoms with Crippen LogP contribution in [-0.2, 0) is 16.6 Å². The van der Waals surface area contributed by atoms with E-state index in [-0.39, 0.29) is 10.8 Å². The lowest BCUT2D eigenvalue weighted by molar-refractivity contribution is 0.581. The topological polar surface area (TPSA) is 76.9 Å². The fraction of sp³-hybridized carbons (Fsp3) is 0.0526. The second kappa shape index (κ2) is 7.34. The molecule has 2 aromatic heterocycles. The number of hydrogen-bond donors (Lipinski definition) is 1. The van der Waals surface area contributed by atoms with Crippen molar-refractivity contribution in [1.29, 1.82) is 0 Å². The van der Waals surface area contributed by atoms with E-state index in [4.69, 9.17) is 0 Å². The van der Waals surface area contributed by atoms with Gasteiger partial charge in [-0.3, -0.25) is 0 Å². The molecule has 0 aliphatic rings. The van der Waals surface area contributed by atoms with Crippen LogP contribution in [0.3, 0.4) is 0 Å². The van der Waals surface area contributed by atoms with Crippen LogP contribution in [0.15, 0.2) is 83.1 Å². The number of aromatic nitrogens is 3. The molecule has 136 valence electrons. The molecule has 0 radical (unpaired) electrons. The highest BCUT2D eigenvalue weighted by Crippen LogP contribution is 2.25. The Morgan fingerprint density at radius 3 is 2.30 bits per heavy atom. The second-order valence-electron chi connectivity index (χ2n) is 5.74. The molecular weight excluding hydrogens is 380 g/mol. The maximum absolute atomic E-state index is 13.1. The predicted octanol–water partition coefficient (Wildman–Crippen LogP) is 3.86. The van der Waals surface area contributed by atoms with Crippen molar-refractivity contribution in [2.24, 2.45) is 0 Å². The average Bonchev–Trinajstić information content (AvgIpc) is 3.38. The molecule has 0 unspecified atom stereocenters. The Morgan fingerprint density at radius 1 is 0.926 bits per heavy atom. The summed E-state index contributed by atoms with van der Waals surface area (Å²) in [5.41, 5.74) is 1.02. The Hall–Kier alpha value is -2.97. The van der Waals surface area contributed by atoms with Crippen LogP contribution in [0.4, 0.5) is 5.95 Å². The molecule has 2 heterocycles. The maximum Gasteiger partial charge on any atom is 0.286 e. The molecule has 4 aromatic rings. The Labute approximate surface area is 161 Å². The highest BCUT2D eigenvalue weighted by molar-refractivity contribution is 7.90. The van der Waals surface area contributed by atoms with E-state index < -0.39 is 10.0 Å². The van der Waals surface area contributed by atoms with Crippen molar-refractivity contribution in [3.05, 3.63) is 83.7 Å². The smallest absolute Gasteiger partial charge is 0.286 e. The Morgan fingerprint density at radius 2 is 1.63 bits per heavy atom. The lowest BCUT2D eigenvalue weighted by Gasteiger charge is -2.09. The average molecular weight is 396 g/mol. The summed E-state index contributed by atoms with van der Waals surface area (Å²) in [6, 6.07) is 21.7. The number of thiophene rings is 1. The molecule has 0 bridgehead atoms. The molecular formula is C19H16N4O2S2. The van der Waals surface area contributed by atoms with Crippen LogP contribution in [0.2, 0.25) is 0 Å². The third kappa shape index (κ3) is 3.62. The van der Waals surface area contributed by atoms with Gasteiger partial charge in [0.25, 0.3) is 10.0 Å². The van der Waals surface area contributed by atoms with Crippen LogP contribution in [-0.4, -0.2) is 22.6 Å². The minimum absolute atomic E-state index is 0.162. The number of rotatable bonds is 6. The zero-order valence-corrected chi connectivity index (χ0v) is 15.8. The first kappa shape index (κ1) is 17.4. The van der Waals surface area contributed by atoms with Crippen molar-refractivity contribution < 1.29 is 8.42 Å². The third-order valence-corrected chi connectivity index (χ3v) is 6.33. The van der Waals surface area contributed by atoms with Crippen molar-refractivity contribution in [2.45, 2.75) is 11.4 Å². The van der Waals surface area contributed by atoms with Gasteiger partial charge < -0.3 is 5.32 Å². The van der Waals surface area contributed by atoms with Gasteiger partial charge in [-0.2, -0.15) is 13.4 Å². The van der Waals surface area contributed by atoms with Gasteiger partial charge in [0.1, 0.15) is 0 Å². The van der Waals surface area contributed by atoms with Gasteiger partial charge >= 0.3 is 0 Å². The molecule has 1 N–H and O–H groups in total. The summed E-state index contributed by atoms with van der Waals surface area (Å²) in [4.78, 5) is 5.40. The molecule has 0 fully saturated rings. The Kier molecular flexibility index (Phi) is 4.74. The second-order valence-corrected chi connectivity index (χ2v) is 8.45. The van der Waals surface area contributed by atoms with E-state index in [2.05, 4.69) is 15.4 Å². The zero-order valence-electron chi connectivity index (χ0n) is 14.2. The molecule has 0 amide bonds. The van der Waals surface area contributed by atoms with E-state index in [0.717, 1.165) is 14.5 Å². The van der Waals surface area contributed by atoms with Gasteiger partial charge in [0, 0.05) is 6.54 Å². The molecule has 0 aliphatic carbocycles. The number of nitrogens with one attached hydrogen (secondary N) is 1. The summed E-state index contributed by atoms with van der Waals surface area (Å²) in [6.07, 6.45) is 0. The van der Waals surface area contributed by atoms with E-state index in [1.807, 2.05) is 47.8 Å². The number of hydrogen-bond acceptors (Lipinski definition) is 6. The van der Waals surface area contributed by atoms with E-state index in [1.165, 1.54) is 11.3 Å². The lowest BCUT2D eigenvalue weighted by atomic mass is 10.2. The van der Waals surface area contributed by atoms with E-state index in [1.54, 1.807) is 30.3 Å². The molecule has 8 heteroatoms. The van der Waals surface area contributed by atoms with Crippen LogP contribution in [0.25, 0.3) is 10.7 Å². The van der Waals surface area contributed by atoms with Gasteiger partial charge in [0.05, 0.1) is 9.77 Å². The van der Waals surface area contributed by atoms with Gasteiger partial charge in [-0.1, -0.05) is 54.6 Å². The minimum Gasteiger partial charge on any atom is -0.349 e. The van der Waals surface area contributed by atoms with Gasteiger partial charge in [-0.05, 0) is 29.1 Å². The van der Waals surface area contributed by atoms with Crippen molar-refractivity contribution in [3.63, 3.8) is 0 Å². The van der Waals surface area contributed by atoms with Crippen molar-refractivity contribution in [2.75, 3.05) is 5.32 Å². The summed E-state index contributed by atoms with van der Waals surface area (Å²) < 4.78 is 27.1. The highest BCUT2D eigenvalue weighted by atomic mass is 32.2. The van der Waals surface area contributed by atoms with Gasteiger partial charge in [0.2, 0.25) is 5.95 Å². The first-order valence-corrected chi connectivity index (χ1v) is 10.6. The molecule has 2 aromatic carbocycles. The number of nitrogens with zero attached hydrogens (tertiary/aromatic N) is 3. The van der Waals surface area contributed by atoms with Crippen LogP contribution in [0.5, 0.6) is 0 Å². The summed E-state index contributed by atoms with van der Waals surface area (Å²) >= 11 is 1.46. The Balaban J connectivity index is 1.75. The number of benzene rings is 2. The predicted molar refractivity (Wildman–Crippen MR) is 106 cm³/mol. The van der Waals surface area contributed by atoms with Crippen molar-refractivity contribution in [3.8, 4) is 10.7 Å². The molecule has 6 nitrogen and oxygen atoms in total. The quantitative estimate of drug-likeness (QED) is 0.536. The minimum atomic E-state index is -3.86. The monoisotopic (exact) mass is 396 g/mol. The van der Waals surface area contributed by atoms with Crippen LogP contribution < -0.4 is 5.32 Å². The maximum atomic E-state index is 13.1. The highest BCUT2D eigenvalue weighted by Gasteiger charge is 2.24. The van der Waals surface area contributed by atoms with Gasteiger partial charge in [-0.25, -0.2) is 0 Å². The van der Waals surface area contributed by atoms with Crippen molar-refractivity contribution in [1.82, 2.24) is 14.2 Å². The summed E-state index contributed by atoms with van der Waals surface area (Å²) in [7, 11) is -3.86. The molecule has 0 saturated heterocycles. The molecule has 27 heavy (non-hydrogen) atoms. The third-order valence-electron chi connectivity index (χ3n) is 3.88. The Bertz CT molecular complexity index is 1120. The standard InChI is InChI=1S/C19H16N4O2S2/c24-27(25,16-10-5-2-6-11-16)23-19(20-14-15-8-3-1-4-9-15)21-18(22-23)17-12-7-13-26-17/h1-13H,14H2,(H,20,21,22). The number of anilines is 1. The van der Waals surface area contributed by atoms with E-state index in [9.17, 15) is 8.42 Å². The normalized spacial score (nSPS) is 11.4. The zero-order chi connectivity index (χ0) is 18.7. The molecule has 0 aliphatic heterocycles. The molecule has 0 atom stereocenters. The largest absolute Gasteiger partial charge is 0.349 e. The summed E-state index contributed by atoms with van der Waals surface area (Å²) in [5.74, 6) is 0.561. The first-order valence-electron chi connectivity index (χ1n) is 8.24. The van der Waals surface area contributed by atoms with Gasteiger partial charge in [-0.15, -0.1) is 20.5 Å². The van der Waals surface area contributed by atoms with E-state index in [0.29, 0.717) is 12.4 Å².